The van der Waals surface area contributed by atoms with Crippen LogP contribution in [0, 0.1) is 5.92 Å². The fourth-order valence-electron chi connectivity index (χ4n) is 3.86. The lowest BCUT2D eigenvalue weighted by molar-refractivity contribution is 0.425. The van der Waals surface area contributed by atoms with Crippen LogP contribution in [0.2, 0.25) is 0 Å². The summed E-state index contributed by atoms with van der Waals surface area (Å²) < 4.78 is 1.16. The highest BCUT2D eigenvalue weighted by Gasteiger charge is 2.37. The maximum absolute atomic E-state index is 3.79. The van der Waals surface area contributed by atoms with Gasteiger partial charge in [-0.05, 0) is 53.6 Å². The van der Waals surface area contributed by atoms with Gasteiger partial charge in [-0.15, -0.1) is 0 Å². The predicted octanol–water partition coefficient (Wildman–Crippen LogP) is 5.84. The number of hydrogen-bond acceptors (Lipinski definition) is 1. The van der Waals surface area contributed by atoms with E-state index < -0.39 is 0 Å². The summed E-state index contributed by atoms with van der Waals surface area (Å²) in [6, 6.07) is 16.1. The van der Waals surface area contributed by atoms with Crippen molar-refractivity contribution in [2.75, 3.05) is 5.32 Å². The summed E-state index contributed by atoms with van der Waals surface area (Å²) in [5.41, 5.74) is 5.52. The van der Waals surface area contributed by atoms with Crippen LogP contribution in [0.1, 0.15) is 42.0 Å². The molecule has 0 saturated heterocycles. The average molecular weight is 354 g/mol. The van der Waals surface area contributed by atoms with Gasteiger partial charge in [0.1, 0.15) is 0 Å². The number of hydrogen-bond donors (Lipinski definition) is 1. The molecule has 1 aliphatic carbocycles. The Kier molecular flexibility index (Phi) is 3.57. The van der Waals surface area contributed by atoms with Crippen LogP contribution in [0.25, 0.3) is 0 Å². The van der Waals surface area contributed by atoms with E-state index in [1.807, 2.05) is 0 Å². The number of nitrogens with one attached hydrogen (secondary N) is 1. The van der Waals surface area contributed by atoms with Crippen molar-refractivity contribution in [1.29, 1.82) is 0 Å². The number of rotatable bonds is 2. The van der Waals surface area contributed by atoms with E-state index in [4.69, 9.17) is 0 Å². The van der Waals surface area contributed by atoms with Crippen LogP contribution < -0.4 is 5.32 Å². The molecule has 0 fully saturated rings. The third kappa shape index (κ3) is 2.30. The van der Waals surface area contributed by atoms with Crippen LogP contribution in [0.3, 0.4) is 0 Å². The van der Waals surface area contributed by atoms with Crippen molar-refractivity contribution in [2.24, 2.45) is 5.92 Å². The van der Waals surface area contributed by atoms with Crippen LogP contribution in [0.5, 0.6) is 0 Å². The molecule has 0 spiro atoms. The minimum Gasteiger partial charge on any atom is -0.378 e. The molecule has 0 saturated carbocycles. The number of allylic oxidation sites excluding steroid dienone is 2. The van der Waals surface area contributed by atoms with Gasteiger partial charge in [-0.2, -0.15) is 0 Å². The molecule has 0 bridgehead atoms. The van der Waals surface area contributed by atoms with Crippen molar-refractivity contribution in [3.8, 4) is 0 Å². The summed E-state index contributed by atoms with van der Waals surface area (Å²) in [6.45, 7) is 2.21. The number of halogens is 1. The van der Waals surface area contributed by atoms with Gasteiger partial charge in [-0.25, -0.2) is 0 Å². The van der Waals surface area contributed by atoms with Crippen molar-refractivity contribution >= 4 is 21.6 Å². The first-order valence-corrected chi connectivity index (χ1v) is 8.87. The molecule has 2 heteroatoms. The molecule has 1 N–H and O–H groups in total. The monoisotopic (exact) mass is 353 g/mol. The molecule has 2 aromatic carbocycles. The van der Waals surface area contributed by atoms with Crippen LogP contribution in [-0.2, 0) is 6.42 Å². The maximum atomic E-state index is 3.79. The Morgan fingerprint density at radius 3 is 2.73 bits per heavy atom. The van der Waals surface area contributed by atoms with Crippen LogP contribution in [0.15, 0.2) is 59.1 Å². The number of aryl methyl sites for hydroxylation is 1. The Bertz CT molecular complexity index is 717. The van der Waals surface area contributed by atoms with Crippen LogP contribution >= 0.6 is 15.9 Å². The van der Waals surface area contributed by atoms with E-state index in [0.717, 1.165) is 17.3 Å². The van der Waals surface area contributed by atoms with Gasteiger partial charge in [0.25, 0.3) is 0 Å². The zero-order valence-corrected chi connectivity index (χ0v) is 14.3. The zero-order valence-electron chi connectivity index (χ0n) is 12.7. The van der Waals surface area contributed by atoms with Gasteiger partial charge in [0.05, 0.1) is 6.04 Å². The summed E-state index contributed by atoms with van der Waals surface area (Å²) in [5.74, 6) is 1.15. The highest BCUT2D eigenvalue weighted by molar-refractivity contribution is 9.10. The van der Waals surface area contributed by atoms with E-state index >= 15 is 0 Å². The first-order chi connectivity index (χ1) is 10.8. The Morgan fingerprint density at radius 1 is 1.14 bits per heavy atom. The Morgan fingerprint density at radius 2 is 1.95 bits per heavy atom. The molecule has 0 aromatic heterocycles. The standard InChI is InChI=1S/C20H20BrN/c1-2-13-6-8-14(9-7-13)20-17-5-3-4-16(17)18-12-15(21)10-11-19(18)22-20/h3-4,6-12,16-17,20,22H,2,5H2,1H3/t16-,17+,20-/m0/s1. The Hall–Kier alpha value is -1.54. The van der Waals surface area contributed by atoms with E-state index in [2.05, 4.69) is 82.8 Å². The second kappa shape index (κ2) is 5.58. The van der Waals surface area contributed by atoms with E-state index in [1.165, 1.54) is 22.4 Å². The maximum Gasteiger partial charge on any atom is 0.0553 e. The molecule has 3 atom stereocenters. The summed E-state index contributed by atoms with van der Waals surface area (Å²) >= 11 is 3.61. The molecule has 1 nitrogen and oxygen atoms in total. The summed E-state index contributed by atoms with van der Waals surface area (Å²) in [7, 11) is 0. The van der Waals surface area contributed by atoms with Gasteiger partial charge >= 0.3 is 0 Å². The molecular weight excluding hydrogens is 334 g/mol. The molecular formula is C20H20BrN. The molecule has 0 amide bonds. The normalized spacial score (nSPS) is 25.5. The molecule has 112 valence electrons. The Labute approximate surface area is 140 Å². The van der Waals surface area contributed by atoms with Gasteiger partial charge in [0.2, 0.25) is 0 Å². The van der Waals surface area contributed by atoms with E-state index in [1.54, 1.807) is 0 Å². The largest absolute Gasteiger partial charge is 0.378 e. The van der Waals surface area contributed by atoms with Crippen LogP contribution in [-0.4, -0.2) is 0 Å². The quantitative estimate of drug-likeness (QED) is 0.668. The van der Waals surface area contributed by atoms with E-state index in [9.17, 15) is 0 Å². The lowest BCUT2D eigenvalue weighted by Crippen LogP contribution is -2.29. The molecule has 0 radical (unpaired) electrons. The van der Waals surface area contributed by atoms with Gasteiger partial charge in [0.15, 0.2) is 0 Å². The van der Waals surface area contributed by atoms with Crippen molar-refractivity contribution in [1.82, 2.24) is 0 Å². The van der Waals surface area contributed by atoms with Gasteiger partial charge in [0, 0.05) is 16.1 Å². The highest BCUT2D eigenvalue weighted by atomic mass is 79.9. The number of anilines is 1. The molecule has 0 unspecified atom stereocenters. The predicted molar refractivity (Wildman–Crippen MR) is 96.3 cm³/mol. The van der Waals surface area contributed by atoms with Gasteiger partial charge < -0.3 is 5.32 Å². The summed E-state index contributed by atoms with van der Waals surface area (Å²) in [5, 5.41) is 3.79. The third-order valence-electron chi connectivity index (χ3n) is 5.07. The van der Waals surface area contributed by atoms with E-state index in [0.29, 0.717) is 17.9 Å². The third-order valence-corrected chi connectivity index (χ3v) is 5.57. The van der Waals surface area contributed by atoms with E-state index in [-0.39, 0.29) is 0 Å². The second-order valence-corrected chi connectivity index (χ2v) is 7.22. The second-order valence-electron chi connectivity index (χ2n) is 6.30. The average Bonchev–Trinajstić information content (AvgIpc) is 3.04. The fourth-order valence-corrected chi connectivity index (χ4v) is 4.23. The minimum atomic E-state index is 0.402. The number of fused-ring (bicyclic) bond motifs is 3. The number of benzene rings is 2. The first kappa shape index (κ1) is 14.1. The van der Waals surface area contributed by atoms with Gasteiger partial charge in [-0.1, -0.05) is 59.3 Å². The van der Waals surface area contributed by atoms with Crippen molar-refractivity contribution in [3.05, 3.63) is 75.8 Å². The molecule has 22 heavy (non-hydrogen) atoms. The van der Waals surface area contributed by atoms with Crippen LogP contribution in [0.4, 0.5) is 5.69 Å². The zero-order chi connectivity index (χ0) is 15.1. The minimum absolute atomic E-state index is 0.402. The van der Waals surface area contributed by atoms with Crippen molar-refractivity contribution in [2.45, 2.75) is 31.7 Å². The summed E-state index contributed by atoms with van der Waals surface area (Å²) in [6.07, 6.45) is 7.00. The smallest absolute Gasteiger partial charge is 0.0553 e. The lowest BCUT2D eigenvalue weighted by atomic mass is 9.77. The molecule has 1 aliphatic heterocycles. The summed E-state index contributed by atoms with van der Waals surface area (Å²) in [4.78, 5) is 0. The molecule has 2 aliphatic rings. The SMILES string of the molecule is CCc1ccc([C@@H]2Nc3ccc(Br)cc3[C@H]3C=CC[C@H]32)cc1. The molecule has 2 aromatic rings. The Balaban J connectivity index is 1.74. The highest BCUT2D eigenvalue weighted by Crippen LogP contribution is 2.50. The first-order valence-electron chi connectivity index (χ1n) is 8.07. The molecule has 4 rings (SSSR count). The fraction of sp³-hybridized carbons (Fsp3) is 0.300. The lowest BCUT2D eigenvalue weighted by Gasteiger charge is -2.37. The molecule has 1 heterocycles. The van der Waals surface area contributed by atoms with Gasteiger partial charge in [-0.3, -0.25) is 0 Å². The van der Waals surface area contributed by atoms with Crippen molar-refractivity contribution < 1.29 is 0 Å². The van der Waals surface area contributed by atoms with Crippen molar-refractivity contribution in [3.63, 3.8) is 0 Å². The topological polar surface area (TPSA) is 12.0 Å².